The van der Waals surface area contributed by atoms with Gasteiger partial charge >= 0.3 is 0 Å². The molecule has 0 bridgehead atoms. The maximum atomic E-state index is 13.4. The highest BCUT2D eigenvalue weighted by atomic mass is 32.2. The zero-order chi connectivity index (χ0) is 25.7. The monoisotopic (exact) mass is 516 g/mol. The highest BCUT2D eigenvalue weighted by molar-refractivity contribution is 7.86. The third-order valence-electron chi connectivity index (χ3n) is 6.86. The molecule has 0 aliphatic carbocycles. The Hall–Kier alpha value is -3.63. The first-order valence-electron chi connectivity index (χ1n) is 12.1. The number of hydroxylamine groups is 1. The van der Waals surface area contributed by atoms with Gasteiger partial charge in [-0.3, -0.25) is 14.5 Å². The number of ether oxygens (including phenoxy) is 1. The quantitative estimate of drug-likeness (QED) is 0.103. The number of imide groups is 1. The first-order chi connectivity index (χ1) is 17.9. The van der Waals surface area contributed by atoms with Gasteiger partial charge < -0.3 is 4.74 Å². The van der Waals surface area contributed by atoms with Gasteiger partial charge in [0.25, 0.3) is 21.9 Å². The molecule has 1 N–H and O–H groups in total. The molecule has 2 amide bonds. The number of carbonyl (C=O) groups excluding carboxylic acids is 2. The lowest BCUT2D eigenvalue weighted by molar-refractivity contribution is 0.0531. The summed E-state index contributed by atoms with van der Waals surface area (Å²) in [7, 11) is -3.76. The van der Waals surface area contributed by atoms with Crippen molar-refractivity contribution < 1.29 is 27.0 Å². The smallest absolute Gasteiger partial charge is 0.285 e. The van der Waals surface area contributed by atoms with E-state index in [1.807, 2.05) is 24.3 Å². The lowest BCUT2D eigenvalue weighted by Crippen LogP contribution is -2.42. The van der Waals surface area contributed by atoms with E-state index < -0.39 is 10.1 Å². The Labute approximate surface area is 213 Å². The van der Waals surface area contributed by atoms with E-state index in [1.165, 1.54) is 10.3 Å². The molecule has 0 saturated carbocycles. The zero-order valence-corrected chi connectivity index (χ0v) is 20.9. The number of amides is 2. The topological polar surface area (TPSA) is 102 Å². The van der Waals surface area contributed by atoms with Crippen molar-refractivity contribution in [3.8, 4) is 0 Å². The van der Waals surface area contributed by atoms with E-state index in [0.717, 1.165) is 32.3 Å². The molecule has 6 rings (SSSR count). The van der Waals surface area contributed by atoms with Crippen LogP contribution in [-0.4, -0.2) is 57.2 Å². The summed E-state index contributed by atoms with van der Waals surface area (Å²) >= 11 is 0. The molecule has 0 atom stereocenters. The number of carbonyl (C=O) groups is 2. The molecule has 0 radical (unpaired) electrons. The Balaban J connectivity index is 1.33. The van der Waals surface area contributed by atoms with E-state index >= 15 is 0 Å². The van der Waals surface area contributed by atoms with Gasteiger partial charge in [-0.2, -0.15) is 18.2 Å². The molecule has 1 heterocycles. The predicted octanol–water partition coefficient (Wildman–Crippen LogP) is 4.22. The molecule has 1 aliphatic rings. The van der Waals surface area contributed by atoms with Crippen LogP contribution in [0.4, 0.5) is 0 Å². The van der Waals surface area contributed by atoms with Crippen molar-refractivity contribution >= 4 is 65.0 Å². The average Bonchev–Trinajstić information content (AvgIpc) is 2.90. The number of nitrogens with one attached hydrogen (secondary N) is 1. The van der Waals surface area contributed by atoms with Gasteiger partial charge in [-0.15, -0.1) is 0 Å². The number of rotatable bonds is 9. The largest absolute Gasteiger partial charge is 0.378 e. The summed E-state index contributed by atoms with van der Waals surface area (Å²) in [5.41, 5.74) is 3.25. The maximum Gasteiger partial charge on any atom is 0.285 e. The highest BCUT2D eigenvalue weighted by Crippen LogP contribution is 2.43. The van der Waals surface area contributed by atoms with Crippen molar-refractivity contribution in [3.63, 3.8) is 0 Å². The number of fused-ring (bicyclic) bond motifs is 2. The molecule has 5 aromatic carbocycles. The molecular weight excluding hydrogens is 492 g/mol. The summed E-state index contributed by atoms with van der Waals surface area (Å²) in [6.45, 7) is 1.97. The average molecular weight is 517 g/mol. The Kier molecular flexibility index (Phi) is 5.80. The lowest BCUT2D eigenvalue weighted by atomic mass is 9.85. The molecule has 37 heavy (non-hydrogen) atoms. The minimum absolute atomic E-state index is 0.0121. The van der Waals surface area contributed by atoms with E-state index in [2.05, 4.69) is 34.0 Å². The summed E-state index contributed by atoms with van der Waals surface area (Å²) in [6.07, 6.45) is 0. The standard InChI is InChI=1S/C28H24N2O6S/c1-2-29-36-37(33,34)16-15-35-14-13-30-27(31)22-11-9-20-18-7-3-5-17-6-4-8-19(24(17)18)21-10-12-23(28(30)32)26(22)25(20)21/h3-12,29H,2,13-16H2,1H3. The van der Waals surface area contributed by atoms with E-state index in [-0.39, 0.29) is 37.3 Å². The normalized spacial score (nSPS) is 14.1. The minimum atomic E-state index is -3.76. The molecule has 0 fully saturated rings. The fourth-order valence-corrected chi connectivity index (χ4v) is 5.99. The zero-order valence-electron chi connectivity index (χ0n) is 20.1. The molecule has 0 unspecified atom stereocenters. The molecule has 9 heteroatoms. The SMILES string of the molecule is CCNOS(=O)(=O)CCOCCN1C(=O)c2ccc3c4cccc5cccc(c6ccc(c2c36)C1=O)c54. The Morgan fingerprint density at radius 2 is 1.35 bits per heavy atom. The van der Waals surface area contributed by atoms with Crippen LogP contribution in [0.2, 0.25) is 0 Å². The molecule has 0 saturated heterocycles. The predicted molar refractivity (Wildman–Crippen MR) is 142 cm³/mol. The summed E-state index contributed by atoms with van der Waals surface area (Å²) in [4.78, 5) is 28.1. The van der Waals surface area contributed by atoms with E-state index in [1.54, 1.807) is 19.1 Å². The molecule has 5 aromatic rings. The third kappa shape index (κ3) is 3.82. The van der Waals surface area contributed by atoms with Crippen molar-refractivity contribution in [1.82, 2.24) is 10.4 Å². The lowest BCUT2D eigenvalue weighted by Gasteiger charge is -2.28. The second-order valence-electron chi connectivity index (χ2n) is 9.00. The van der Waals surface area contributed by atoms with Crippen LogP contribution in [0.5, 0.6) is 0 Å². The number of hydrogen-bond acceptors (Lipinski definition) is 7. The van der Waals surface area contributed by atoms with Crippen LogP contribution in [-0.2, 0) is 19.1 Å². The number of nitrogens with zero attached hydrogens (tertiary/aromatic N) is 1. The molecule has 188 valence electrons. The van der Waals surface area contributed by atoms with Gasteiger partial charge in [0.1, 0.15) is 5.75 Å². The fourth-order valence-electron chi connectivity index (χ4n) is 5.29. The van der Waals surface area contributed by atoms with E-state index in [0.29, 0.717) is 23.1 Å². The summed E-state index contributed by atoms with van der Waals surface area (Å²) in [5.74, 6) is -1.11. The van der Waals surface area contributed by atoms with E-state index in [9.17, 15) is 18.0 Å². The second kappa shape index (κ2) is 9.04. The van der Waals surface area contributed by atoms with Gasteiger partial charge in [0.15, 0.2) is 0 Å². The van der Waals surface area contributed by atoms with Crippen molar-refractivity contribution in [1.29, 1.82) is 0 Å². The first-order valence-corrected chi connectivity index (χ1v) is 13.7. The second-order valence-corrected chi connectivity index (χ2v) is 10.7. The first kappa shape index (κ1) is 23.7. The molecule has 1 aliphatic heterocycles. The molecule has 8 nitrogen and oxygen atoms in total. The van der Waals surface area contributed by atoms with Crippen LogP contribution >= 0.6 is 0 Å². The fraction of sp³-hybridized carbons (Fsp3) is 0.214. The number of hydrogen-bond donors (Lipinski definition) is 1. The van der Waals surface area contributed by atoms with Crippen molar-refractivity contribution in [3.05, 3.63) is 71.8 Å². The molecular formula is C28H24N2O6S. The third-order valence-corrected chi connectivity index (χ3v) is 7.90. The summed E-state index contributed by atoms with van der Waals surface area (Å²) in [6, 6.07) is 19.9. The minimum Gasteiger partial charge on any atom is -0.378 e. The van der Waals surface area contributed by atoms with Gasteiger partial charge in [0.05, 0.1) is 19.8 Å². The van der Waals surface area contributed by atoms with Gasteiger partial charge in [0.2, 0.25) is 0 Å². The Morgan fingerprint density at radius 1 is 0.757 bits per heavy atom. The Bertz CT molecular complexity index is 1710. The summed E-state index contributed by atoms with van der Waals surface area (Å²) in [5, 5.41) is 8.13. The van der Waals surface area contributed by atoms with Crippen LogP contribution in [0.15, 0.2) is 60.7 Å². The van der Waals surface area contributed by atoms with Gasteiger partial charge in [-0.25, -0.2) is 0 Å². The van der Waals surface area contributed by atoms with Crippen LogP contribution in [0, 0.1) is 0 Å². The van der Waals surface area contributed by atoms with Gasteiger partial charge in [0, 0.05) is 23.1 Å². The maximum absolute atomic E-state index is 13.4. The van der Waals surface area contributed by atoms with Crippen molar-refractivity contribution in [2.45, 2.75) is 6.92 Å². The van der Waals surface area contributed by atoms with Crippen LogP contribution in [0.3, 0.4) is 0 Å². The van der Waals surface area contributed by atoms with Gasteiger partial charge in [-0.05, 0) is 49.8 Å². The Morgan fingerprint density at radius 3 is 1.95 bits per heavy atom. The van der Waals surface area contributed by atoms with Gasteiger partial charge in [-0.1, -0.05) is 55.5 Å². The van der Waals surface area contributed by atoms with Crippen LogP contribution in [0.1, 0.15) is 27.6 Å². The van der Waals surface area contributed by atoms with E-state index in [4.69, 9.17) is 4.74 Å². The van der Waals surface area contributed by atoms with Crippen molar-refractivity contribution in [2.24, 2.45) is 0 Å². The molecule has 0 aromatic heterocycles. The van der Waals surface area contributed by atoms with Crippen LogP contribution < -0.4 is 5.48 Å². The van der Waals surface area contributed by atoms with Crippen molar-refractivity contribution in [2.75, 3.05) is 32.1 Å². The van der Waals surface area contributed by atoms with Crippen LogP contribution in [0.25, 0.3) is 43.1 Å². The highest BCUT2D eigenvalue weighted by Gasteiger charge is 2.34. The summed E-state index contributed by atoms with van der Waals surface area (Å²) < 4.78 is 33.5. The number of benzene rings is 5. The molecule has 0 spiro atoms.